The van der Waals surface area contributed by atoms with Gasteiger partial charge in [0.1, 0.15) is 0 Å². The highest BCUT2D eigenvalue weighted by Crippen LogP contribution is 2.20. The van der Waals surface area contributed by atoms with E-state index in [-0.39, 0.29) is 17.6 Å². The van der Waals surface area contributed by atoms with E-state index in [1.54, 1.807) is 30.5 Å². The Morgan fingerprint density at radius 2 is 1.78 bits per heavy atom. The zero-order valence-electron chi connectivity index (χ0n) is 12.8. The number of pyridine rings is 1. The molecule has 1 heterocycles. The van der Waals surface area contributed by atoms with Gasteiger partial charge in [-0.1, -0.05) is 0 Å². The number of nitrogens with one attached hydrogen (secondary N) is 2. The van der Waals surface area contributed by atoms with Gasteiger partial charge in [-0.25, -0.2) is 4.98 Å². The molecule has 2 aromatic rings. The molecule has 0 aliphatic heterocycles. The normalized spacial score (nSPS) is 10.0. The van der Waals surface area contributed by atoms with Crippen LogP contribution < -0.4 is 15.4 Å². The summed E-state index contributed by atoms with van der Waals surface area (Å²) >= 11 is 1.41. The fourth-order valence-corrected chi connectivity index (χ4v) is 2.46. The Morgan fingerprint density at radius 1 is 1.09 bits per heavy atom. The summed E-state index contributed by atoms with van der Waals surface area (Å²) < 4.78 is 4.96. The lowest BCUT2D eigenvalue weighted by Crippen LogP contribution is -2.14. The van der Waals surface area contributed by atoms with Crippen LogP contribution >= 0.6 is 11.8 Å². The monoisotopic (exact) mass is 331 g/mol. The second-order valence-electron chi connectivity index (χ2n) is 4.63. The molecule has 0 atom stereocenters. The second-order valence-corrected chi connectivity index (χ2v) is 5.68. The molecule has 0 saturated heterocycles. The van der Waals surface area contributed by atoms with E-state index in [1.165, 1.54) is 25.8 Å². The van der Waals surface area contributed by atoms with Crippen molar-refractivity contribution in [1.82, 2.24) is 4.98 Å². The summed E-state index contributed by atoms with van der Waals surface area (Å²) in [6.45, 7) is 1.46. The van der Waals surface area contributed by atoms with Crippen LogP contribution in [0, 0.1) is 0 Å². The maximum Gasteiger partial charge on any atom is 0.234 e. The van der Waals surface area contributed by atoms with Gasteiger partial charge in [0.15, 0.2) is 0 Å². The third-order valence-electron chi connectivity index (χ3n) is 2.77. The Hall–Kier alpha value is -2.54. The smallest absolute Gasteiger partial charge is 0.234 e. The molecule has 7 heteroatoms. The van der Waals surface area contributed by atoms with Gasteiger partial charge in [0.2, 0.25) is 17.7 Å². The van der Waals surface area contributed by atoms with E-state index < -0.39 is 0 Å². The third-order valence-corrected chi connectivity index (χ3v) is 3.79. The lowest BCUT2D eigenvalue weighted by molar-refractivity contribution is -0.114. The van der Waals surface area contributed by atoms with Gasteiger partial charge in [-0.05, 0) is 30.3 Å². The number of amides is 2. The molecule has 0 unspecified atom stereocenters. The molecule has 120 valence electrons. The first kappa shape index (κ1) is 16.8. The Morgan fingerprint density at radius 3 is 2.35 bits per heavy atom. The summed E-state index contributed by atoms with van der Waals surface area (Å²) in [5, 5.41) is 5.46. The van der Waals surface area contributed by atoms with Gasteiger partial charge in [-0.3, -0.25) is 9.59 Å². The Kier molecular flexibility index (Phi) is 5.99. The van der Waals surface area contributed by atoms with E-state index in [0.717, 1.165) is 10.6 Å². The molecule has 0 saturated carbocycles. The molecular formula is C16H17N3O3S. The van der Waals surface area contributed by atoms with E-state index in [9.17, 15) is 9.59 Å². The van der Waals surface area contributed by atoms with Gasteiger partial charge >= 0.3 is 0 Å². The summed E-state index contributed by atoms with van der Waals surface area (Å²) in [5.41, 5.74) is 1.35. The number of rotatable bonds is 6. The van der Waals surface area contributed by atoms with E-state index in [0.29, 0.717) is 11.6 Å². The number of benzene rings is 1. The molecule has 0 aliphatic carbocycles. The molecular weight excluding hydrogens is 314 g/mol. The molecule has 23 heavy (non-hydrogen) atoms. The van der Waals surface area contributed by atoms with Crippen LogP contribution in [-0.2, 0) is 9.59 Å². The molecule has 0 aliphatic rings. The van der Waals surface area contributed by atoms with Crippen molar-refractivity contribution in [3.63, 3.8) is 0 Å². The summed E-state index contributed by atoms with van der Waals surface area (Å²) in [5.74, 6) is 0.549. The number of ether oxygens (including phenoxy) is 1. The van der Waals surface area contributed by atoms with E-state index >= 15 is 0 Å². The molecule has 0 bridgehead atoms. The minimum absolute atomic E-state index is 0.113. The number of hydrogen-bond donors (Lipinski definition) is 2. The molecule has 2 rings (SSSR count). The largest absolute Gasteiger partial charge is 0.481 e. The minimum Gasteiger partial charge on any atom is -0.481 e. The average Bonchev–Trinajstić information content (AvgIpc) is 2.54. The predicted molar refractivity (Wildman–Crippen MR) is 90.9 cm³/mol. The predicted octanol–water partition coefficient (Wildman–Crippen LogP) is 2.78. The molecule has 0 fully saturated rings. The van der Waals surface area contributed by atoms with Crippen LogP contribution in [0.2, 0.25) is 0 Å². The number of anilines is 2. The maximum atomic E-state index is 11.9. The van der Waals surface area contributed by atoms with Gasteiger partial charge < -0.3 is 15.4 Å². The Labute approximate surface area is 138 Å². The van der Waals surface area contributed by atoms with Crippen LogP contribution in [0.1, 0.15) is 6.92 Å². The van der Waals surface area contributed by atoms with E-state index in [4.69, 9.17) is 4.74 Å². The van der Waals surface area contributed by atoms with Crippen molar-refractivity contribution < 1.29 is 14.3 Å². The second kappa shape index (κ2) is 8.19. The molecule has 0 radical (unpaired) electrons. The number of methoxy groups -OCH3 is 1. The third kappa shape index (κ3) is 5.63. The first-order chi connectivity index (χ1) is 11.1. The molecule has 1 aromatic heterocycles. The fourth-order valence-electron chi connectivity index (χ4n) is 1.76. The quantitative estimate of drug-likeness (QED) is 0.796. The lowest BCUT2D eigenvalue weighted by atomic mass is 10.3. The number of nitrogens with zero attached hydrogens (tertiary/aromatic N) is 1. The van der Waals surface area contributed by atoms with Crippen molar-refractivity contribution in [2.24, 2.45) is 0 Å². The highest BCUT2D eigenvalue weighted by Gasteiger charge is 2.05. The molecule has 2 amide bonds. The van der Waals surface area contributed by atoms with Gasteiger partial charge in [0, 0.05) is 23.6 Å². The zero-order valence-corrected chi connectivity index (χ0v) is 13.6. The minimum atomic E-state index is -0.118. The number of carbonyl (C=O) groups excluding carboxylic acids is 2. The van der Waals surface area contributed by atoms with E-state index in [2.05, 4.69) is 15.6 Å². The standard InChI is InChI=1S/C16H17N3O3S/c1-11(20)18-12-3-6-14(7-4-12)23-10-15(21)19-13-5-8-16(22-2)17-9-13/h3-9H,10H2,1-2H3,(H,18,20)(H,19,21). The van der Waals surface area contributed by atoms with Crippen LogP contribution in [0.5, 0.6) is 5.88 Å². The topological polar surface area (TPSA) is 80.3 Å². The molecule has 2 N–H and O–H groups in total. The van der Waals surface area contributed by atoms with Crippen LogP contribution in [0.3, 0.4) is 0 Å². The Bertz CT molecular complexity index is 672. The number of thioether (sulfide) groups is 1. The van der Waals surface area contributed by atoms with Crippen molar-refractivity contribution in [1.29, 1.82) is 0 Å². The SMILES string of the molecule is COc1ccc(NC(=O)CSc2ccc(NC(C)=O)cc2)cn1. The van der Waals surface area contributed by atoms with Gasteiger partial charge in [0.25, 0.3) is 0 Å². The Balaban J connectivity index is 1.82. The summed E-state index contributed by atoms with van der Waals surface area (Å²) in [7, 11) is 1.54. The van der Waals surface area contributed by atoms with Crippen LogP contribution in [0.4, 0.5) is 11.4 Å². The zero-order chi connectivity index (χ0) is 16.7. The van der Waals surface area contributed by atoms with Gasteiger partial charge in [-0.2, -0.15) is 0 Å². The number of hydrogen-bond acceptors (Lipinski definition) is 5. The van der Waals surface area contributed by atoms with Gasteiger partial charge in [0.05, 0.1) is 24.7 Å². The fraction of sp³-hybridized carbons (Fsp3) is 0.188. The first-order valence-electron chi connectivity index (χ1n) is 6.87. The number of aromatic nitrogens is 1. The van der Waals surface area contributed by atoms with E-state index in [1.807, 2.05) is 12.1 Å². The molecule has 0 spiro atoms. The summed E-state index contributed by atoms with van der Waals surface area (Å²) in [6.07, 6.45) is 1.55. The van der Waals surface area contributed by atoms with Gasteiger partial charge in [-0.15, -0.1) is 11.8 Å². The molecule has 1 aromatic carbocycles. The van der Waals surface area contributed by atoms with Crippen molar-refractivity contribution in [2.45, 2.75) is 11.8 Å². The van der Waals surface area contributed by atoms with Crippen LogP contribution in [0.15, 0.2) is 47.5 Å². The average molecular weight is 331 g/mol. The van der Waals surface area contributed by atoms with Crippen molar-refractivity contribution in [3.05, 3.63) is 42.6 Å². The van der Waals surface area contributed by atoms with Crippen molar-refractivity contribution in [3.8, 4) is 5.88 Å². The highest BCUT2D eigenvalue weighted by atomic mass is 32.2. The first-order valence-corrected chi connectivity index (χ1v) is 7.86. The van der Waals surface area contributed by atoms with Crippen molar-refractivity contribution in [2.75, 3.05) is 23.5 Å². The summed E-state index contributed by atoms with van der Waals surface area (Å²) in [6, 6.07) is 10.7. The highest BCUT2D eigenvalue weighted by molar-refractivity contribution is 8.00. The maximum absolute atomic E-state index is 11.9. The molecule has 6 nitrogen and oxygen atoms in total. The summed E-state index contributed by atoms with van der Waals surface area (Å²) in [4.78, 5) is 27.8. The lowest BCUT2D eigenvalue weighted by Gasteiger charge is -2.06. The number of carbonyl (C=O) groups is 2. The van der Waals surface area contributed by atoms with Crippen LogP contribution in [-0.4, -0.2) is 29.7 Å². The van der Waals surface area contributed by atoms with Crippen LogP contribution in [0.25, 0.3) is 0 Å². The van der Waals surface area contributed by atoms with Crippen molar-refractivity contribution >= 4 is 35.0 Å².